The first-order valence-corrected chi connectivity index (χ1v) is 7.12. The molecule has 4 heteroatoms. The molecule has 0 radical (unpaired) electrons. The van der Waals surface area contributed by atoms with Gasteiger partial charge >= 0.3 is 0 Å². The molecule has 0 aliphatic carbocycles. The zero-order valence-electron chi connectivity index (χ0n) is 13.2. The molecule has 0 heterocycles. The number of aryl methyl sites for hydroxylation is 1. The molecule has 23 heavy (non-hydrogen) atoms. The Bertz CT molecular complexity index is 746. The second kappa shape index (κ2) is 7.31. The van der Waals surface area contributed by atoms with E-state index in [1.807, 2.05) is 43.3 Å². The summed E-state index contributed by atoms with van der Waals surface area (Å²) >= 11 is 0. The van der Waals surface area contributed by atoms with Crippen LogP contribution in [-0.4, -0.2) is 18.1 Å². The van der Waals surface area contributed by atoms with Crippen LogP contribution >= 0.6 is 0 Å². The Hall–Kier alpha value is -3.01. The maximum Gasteiger partial charge on any atom is 0.247 e. The molecule has 0 spiro atoms. The van der Waals surface area contributed by atoms with E-state index in [9.17, 15) is 9.90 Å². The number of aromatic hydroxyl groups is 1. The van der Waals surface area contributed by atoms with Crippen LogP contribution in [0.15, 0.2) is 49.1 Å². The van der Waals surface area contributed by atoms with Crippen molar-refractivity contribution in [3.05, 3.63) is 65.7 Å². The molecule has 0 saturated heterocycles. The monoisotopic (exact) mass is 309 g/mol. The van der Waals surface area contributed by atoms with Crippen LogP contribution in [-0.2, 0) is 4.79 Å². The van der Waals surface area contributed by atoms with Crippen molar-refractivity contribution in [2.75, 3.05) is 12.4 Å². The van der Waals surface area contributed by atoms with Crippen molar-refractivity contribution < 1.29 is 14.6 Å². The number of phenols is 1. The first-order valence-electron chi connectivity index (χ1n) is 7.12. The fraction of sp³-hybridized carbons (Fsp3) is 0.105. The first-order chi connectivity index (χ1) is 11.0. The van der Waals surface area contributed by atoms with Gasteiger partial charge in [0.1, 0.15) is 0 Å². The molecule has 0 aliphatic rings. The highest BCUT2D eigenvalue weighted by molar-refractivity contribution is 6.00. The highest BCUT2D eigenvalue weighted by Crippen LogP contribution is 2.36. The van der Waals surface area contributed by atoms with Gasteiger partial charge in [-0.3, -0.25) is 4.79 Å². The summed E-state index contributed by atoms with van der Waals surface area (Å²) in [6.45, 7) is 5.43. The number of hydrogen-bond acceptors (Lipinski definition) is 3. The molecule has 2 N–H and O–H groups in total. The van der Waals surface area contributed by atoms with Crippen molar-refractivity contribution in [3.8, 4) is 11.5 Å². The predicted molar refractivity (Wildman–Crippen MR) is 93.6 cm³/mol. The molecule has 118 valence electrons. The summed E-state index contributed by atoms with van der Waals surface area (Å²) in [5.41, 5.74) is 3.32. The van der Waals surface area contributed by atoms with E-state index in [1.54, 1.807) is 12.1 Å². The van der Waals surface area contributed by atoms with Gasteiger partial charge in [0, 0.05) is 0 Å². The highest BCUT2D eigenvalue weighted by atomic mass is 16.5. The third-order valence-electron chi connectivity index (χ3n) is 3.31. The molecule has 2 aromatic rings. The quantitative estimate of drug-likeness (QED) is 0.498. The summed E-state index contributed by atoms with van der Waals surface area (Å²) in [6, 6.07) is 11.5. The molecule has 0 unspecified atom stereocenters. The summed E-state index contributed by atoms with van der Waals surface area (Å²) in [5.74, 6) is -0.229. The van der Waals surface area contributed by atoms with E-state index >= 15 is 0 Å². The lowest BCUT2D eigenvalue weighted by Gasteiger charge is -2.11. The smallest absolute Gasteiger partial charge is 0.247 e. The number of phenolic OH excluding ortho intramolecular Hbond substituents is 1. The SMILES string of the molecule is C=CC(=O)Nc1cc(/C=C/c2ccc(C)cc2)cc(OC)c1O. The minimum Gasteiger partial charge on any atom is -0.503 e. The number of carbonyl (C=O) groups is 1. The molecule has 0 bridgehead atoms. The van der Waals surface area contributed by atoms with Crippen molar-refractivity contribution in [1.29, 1.82) is 0 Å². The molecule has 2 aromatic carbocycles. The van der Waals surface area contributed by atoms with E-state index in [-0.39, 0.29) is 17.2 Å². The van der Waals surface area contributed by atoms with E-state index in [0.29, 0.717) is 0 Å². The molecule has 0 saturated carbocycles. The maximum atomic E-state index is 11.5. The first kappa shape index (κ1) is 16.4. The Morgan fingerprint density at radius 1 is 1.17 bits per heavy atom. The standard InChI is InChI=1S/C19H19NO3/c1-4-18(21)20-16-11-15(12-17(23-3)19(16)22)10-9-14-7-5-13(2)6-8-14/h4-12,22H,1H2,2-3H3,(H,20,21)/b10-9+. The van der Waals surface area contributed by atoms with Crippen LogP contribution in [0.3, 0.4) is 0 Å². The van der Waals surface area contributed by atoms with Gasteiger partial charge in [0.15, 0.2) is 11.5 Å². The summed E-state index contributed by atoms with van der Waals surface area (Å²) in [7, 11) is 1.46. The number of amides is 1. The van der Waals surface area contributed by atoms with Gasteiger partial charge in [0.25, 0.3) is 0 Å². The Morgan fingerprint density at radius 3 is 2.43 bits per heavy atom. The van der Waals surface area contributed by atoms with Gasteiger partial charge in [0.05, 0.1) is 12.8 Å². The normalized spacial score (nSPS) is 10.5. The molecule has 2 rings (SSSR count). The van der Waals surface area contributed by atoms with Gasteiger partial charge in [-0.1, -0.05) is 48.6 Å². The molecule has 0 aliphatic heterocycles. The van der Waals surface area contributed by atoms with Crippen LogP contribution in [0.4, 0.5) is 5.69 Å². The number of nitrogens with one attached hydrogen (secondary N) is 1. The summed E-state index contributed by atoms with van der Waals surface area (Å²) in [5, 5.41) is 12.6. The molecule has 0 aromatic heterocycles. The van der Waals surface area contributed by atoms with Gasteiger partial charge in [0.2, 0.25) is 5.91 Å². The Kier molecular flexibility index (Phi) is 5.20. The second-order valence-electron chi connectivity index (χ2n) is 5.06. The maximum absolute atomic E-state index is 11.5. The zero-order valence-corrected chi connectivity index (χ0v) is 13.2. The van der Waals surface area contributed by atoms with Crippen molar-refractivity contribution in [2.24, 2.45) is 0 Å². The van der Waals surface area contributed by atoms with Crippen LogP contribution in [0.1, 0.15) is 16.7 Å². The third kappa shape index (κ3) is 4.23. The number of rotatable bonds is 5. The van der Waals surface area contributed by atoms with E-state index in [1.165, 1.54) is 12.7 Å². The van der Waals surface area contributed by atoms with Crippen molar-refractivity contribution in [3.63, 3.8) is 0 Å². The topological polar surface area (TPSA) is 58.6 Å². The lowest BCUT2D eigenvalue weighted by atomic mass is 10.1. The van der Waals surface area contributed by atoms with Gasteiger partial charge in [-0.15, -0.1) is 0 Å². The van der Waals surface area contributed by atoms with E-state index < -0.39 is 5.91 Å². The fourth-order valence-corrected chi connectivity index (χ4v) is 2.03. The second-order valence-corrected chi connectivity index (χ2v) is 5.06. The molecule has 4 nitrogen and oxygen atoms in total. The number of methoxy groups -OCH3 is 1. The van der Waals surface area contributed by atoms with Crippen LogP contribution < -0.4 is 10.1 Å². The van der Waals surface area contributed by atoms with E-state index in [0.717, 1.165) is 17.2 Å². The van der Waals surface area contributed by atoms with Crippen LogP contribution in [0.5, 0.6) is 11.5 Å². The molecule has 0 fully saturated rings. The Balaban J connectivity index is 2.34. The van der Waals surface area contributed by atoms with Gasteiger partial charge < -0.3 is 15.2 Å². The highest BCUT2D eigenvalue weighted by Gasteiger charge is 2.11. The van der Waals surface area contributed by atoms with Crippen molar-refractivity contribution in [2.45, 2.75) is 6.92 Å². The van der Waals surface area contributed by atoms with Crippen LogP contribution in [0.25, 0.3) is 12.2 Å². The van der Waals surface area contributed by atoms with E-state index in [4.69, 9.17) is 4.74 Å². The number of carbonyl (C=O) groups excluding carboxylic acids is 1. The van der Waals surface area contributed by atoms with Crippen LogP contribution in [0, 0.1) is 6.92 Å². The molecular formula is C19H19NO3. The number of hydrogen-bond donors (Lipinski definition) is 2. The van der Waals surface area contributed by atoms with Gasteiger partial charge in [-0.25, -0.2) is 0 Å². The average Bonchev–Trinajstić information content (AvgIpc) is 2.56. The Morgan fingerprint density at radius 2 is 1.83 bits per heavy atom. The minimum atomic E-state index is -0.401. The van der Waals surface area contributed by atoms with E-state index in [2.05, 4.69) is 11.9 Å². The third-order valence-corrected chi connectivity index (χ3v) is 3.31. The molecule has 1 amide bonds. The molecular weight excluding hydrogens is 290 g/mol. The van der Waals surface area contributed by atoms with Crippen molar-refractivity contribution >= 4 is 23.7 Å². The minimum absolute atomic E-state index is 0.116. The zero-order chi connectivity index (χ0) is 16.8. The lowest BCUT2D eigenvalue weighted by molar-refractivity contribution is -0.111. The number of anilines is 1. The average molecular weight is 309 g/mol. The lowest BCUT2D eigenvalue weighted by Crippen LogP contribution is -2.08. The van der Waals surface area contributed by atoms with Crippen LogP contribution in [0.2, 0.25) is 0 Å². The summed E-state index contributed by atoms with van der Waals surface area (Å²) < 4.78 is 5.15. The Labute approximate surface area is 135 Å². The van der Waals surface area contributed by atoms with Gasteiger partial charge in [-0.05, 0) is 36.3 Å². The number of ether oxygens (including phenoxy) is 1. The fourth-order valence-electron chi connectivity index (χ4n) is 2.03. The van der Waals surface area contributed by atoms with Crippen molar-refractivity contribution in [1.82, 2.24) is 0 Å². The summed E-state index contributed by atoms with van der Waals surface area (Å²) in [4.78, 5) is 11.5. The van der Waals surface area contributed by atoms with Gasteiger partial charge in [-0.2, -0.15) is 0 Å². The largest absolute Gasteiger partial charge is 0.503 e. The number of benzene rings is 2. The predicted octanol–water partition coefficient (Wildman–Crippen LogP) is 4.00. The summed E-state index contributed by atoms with van der Waals surface area (Å²) in [6.07, 6.45) is 4.97. The molecule has 0 atom stereocenters.